The third kappa shape index (κ3) is 2.95. The van der Waals surface area contributed by atoms with E-state index in [0.29, 0.717) is 25.0 Å². The van der Waals surface area contributed by atoms with Gasteiger partial charge in [0.05, 0.1) is 5.92 Å². The van der Waals surface area contributed by atoms with Crippen molar-refractivity contribution in [3.63, 3.8) is 0 Å². The molecule has 4 nitrogen and oxygen atoms in total. The lowest BCUT2D eigenvalue weighted by Crippen LogP contribution is -2.47. The average molecular weight is 292 g/mol. The SMILES string of the molecule is CC[C@@H]1CCCCN1C(=O)[C@@H]1CC(=O)N(C2CCCC2)C1. The van der Waals surface area contributed by atoms with E-state index in [1.807, 2.05) is 4.90 Å². The van der Waals surface area contributed by atoms with Gasteiger partial charge in [0.25, 0.3) is 0 Å². The molecule has 3 aliphatic rings. The van der Waals surface area contributed by atoms with Gasteiger partial charge in [-0.1, -0.05) is 19.8 Å². The number of amides is 2. The van der Waals surface area contributed by atoms with Gasteiger partial charge >= 0.3 is 0 Å². The summed E-state index contributed by atoms with van der Waals surface area (Å²) in [6, 6.07) is 0.820. The first-order valence-corrected chi connectivity index (χ1v) is 8.80. The summed E-state index contributed by atoms with van der Waals surface area (Å²) in [7, 11) is 0. The molecule has 2 aliphatic heterocycles. The van der Waals surface area contributed by atoms with Crippen LogP contribution in [0.15, 0.2) is 0 Å². The Morgan fingerprint density at radius 3 is 2.57 bits per heavy atom. The lowest BCUT2D eigenvalue weighted by Gasteiger charge is -2.37. The van der Waals surface area contributed by atoms with E-state index in [-0.39, 0.29) is 17.7 Å². The average Bonchev–Trinajstić information content (AvgIpc) is 3.15. The first kappa shape index (κ1) is 14.9. The molecule has 1 aliphatic carbocycles. The predicted molar refractivity (Wildman–Crippen MR) is 81.7 cm³/mol. The lowest BCUT2D eigenvalue weighted by atomic mass is 9.97. The molecule has 0 aromatic rings. The zero-order valence-corrected chi connectivity index (χ0v) is 13.2. The summed E-state index contributed by atoms with van der Waals surface area (Å²) in [6.45, 7) is 3.74. The molecule has 2 heterocycles. The van der Waals surface area contributed by atoms with Gasteiger partial charge in [0.1, 0.15) is 0 Å². The molecule has 0 aromatic heterocycles. The van der Waals surface area contributed by atoms with Crippen LogP contribution in [0, 0.1) is 5.92 Å². The highest BCUT2D eigenvalue weighted by Gasteiger charge is 2.41. The maximum atomic E-state index is 12.8. The first-order chi connectivity index (χ1) is 10.2. The predicted octanol–water partition coefficient (Wildman–Crippen LogP) is 2.57. The highest BCUT2D eigenvalue weighted by Crippen LogP contribution is 2.31. The number of piperidine rings is 1. The number of carbonyl (C=O) groups is 2. The normalized spacial score (nSPS) is 31.2. The van der Waals surface area contributed by atoms with Crippen molar-refractivity contribution >= 4 is 11.8 Å². The van der Waals surface area contributed by atoms with E-state index in [9.17, 15) is 9.59 Å². The van der Waals surface area contributed by atoms with Crippen molar-refractivity contribution < 1.29 is 9.59 Å². The summed E-state index contributed by atoms with van der Waals surface area (Å²) < 4.78 is 0. The molecular weight excluding hydrogens is 264 g/mol. The molecule has 21 heavy (non-hydrogen) atoms. The highest BCUT2D eigenvalue weighted by molar-refractivity contribution is 5.89. The van der Waals surface area contributed by atoms with Crippen LogP contribution in [0.5, 0.6) is 0 Å². The van der Waals surface area contributed by atoms with Gasteiger partial charge in [-0.15, -0.1) is 0 Å². The zero-order valence-electron chi connectivity index (χ0n) is 13.2. The Balaban J connectivity index is 1.64. The molecule has 1 saturated carbocycles. The molecule has 3 fully saturated rings. The van der Waals surface area contributed by atoms with E-state index in [1.54, 1.807) is 0 Å². The van der Waals surface area contributed by atoms with E-state index in [2.05, 4.69) is 11.8 Å². The van der Waals surface area contributed by atoms with Gasteiger partial charge in [-0.25, -0.2) is 0 Å². The van der Waals surface area contributed by atoms with Crippen LogP contribution in [0.2, 0.25) is 0 Å². The standard InChI is InChI=1S/C17H28N2O2/c1-2-14-7-5-6-10-18(14)17(21)13-11-16(20)19(12-13)15-8-3-4-9-15/h13-15H,2-12H2,1H3/t13-,14-/m1/s1. The lowest BCUT2D eigenvalue weighted by molar-refractivity contribution is -0.139. The van der Waals surface area contributed by atoms with Gasteiger partial charge in [-0.3, -0.25) is 9.59 Å². The second-order valence-corrected chi connectivity index (χ2v) is 6.97. The second kappa shape index (κ2) is 6.37. The molecule has 118 valence electrons. The van der Waals surface area contributed by atoms with Crippen LogP contribution in [-0.2, 0) is 9.59 Å². The number of nitrogens with zero attached hydrogens (tertiary/aromatic N) is 2. The van der Waals surface area contributed by atoms with Crippen molar-refractivity contribution in [1.29, 1.82) is 0 Å². The van der Waals surface area contributed by atoms with Crippen LogP contribution < -0.4 is 0 Å². The van der Waals surface area contributed by atoms with Gasteiger partial charge in [0.15, 0.2) is 0 Å². The van der Waals surface area contributed by atoms with Crippen LogP contribution >= 0.6 is 0 Å². The molecule has 3 rings (SSSR count). The number of hydrogen-bond donors (Lipinski definition) is 0. The molecular formula is C17H28N2O2. The summed E-state index contributed by atoms with van der Waals surface area (Å²) in [5, 5.41) is 0. The van der Waals surface area contributed by atoms with E-state index in [4.69, 9.17) is 0 Å². The molecule has 2 amide bonds. The molecule has 0 radical (unpaired) electrons. The number of carbonyl (C=O) groups excluding carboxylic acids is 2. The van der Waals surface area contributed by atoms with Crippen LogP contribution in [0.25, 0.3) is 0 Å². The van der Waals surface area contributed by atoms with E-state index in [1.165, 1.54) is 19.3 Å². The van der Waals surface area contributed by atoms with Crippen molar-refractivity contribution in [3.8, 4) is 0 Å². The third-order valence-corrected chi connectivity index (χ3v) is 5.65. The van der Waals surface area contributed by atoms with Crippen LogP contribution in [0.4, 0.5) is 0 Å². The van der Waals surface area contributed by atoms with Crippen molar-refractivity contribution in [2.45, 2.75) is 76.8 Å². The van der Waals surface area contributed by atoms with Gasteiger partial charge in [0, 0.05) is 31.6 Å². The highest BCUT2D eigenvalue weighted by atomic mass is 16.2. The smallest absolute Gasteiger partial charge is 0.228 e. The summed E-state index contributed by atoms with van der Waals surface area (Å²) >= 11 is 0. The van der Waals surface area contributed by atoms with Crippen LogP contribution in [-0.4, -0.2) is 46.8 Å². The second-order valence-electron chi connectivity index (χ2n) is 6.97. The molecule has 0 spiro atoms. The van der Waals surface area contributed by atoms with Gasteiger partial charge in [-0.05, 0) is 38.5 Å². The number of hydrogen-bond acceptors (Lipinski definition) is 2. The van der Waals surface area contributed by atoms with Crippen molar-refractivity contribution in [2.24, 2.45) is 5.92 Å². The maximum absolute atomic E-state index is 12.8. The Kier molecular flexibility index (Phi) is 4.51. The summed E-state index contributed by atoms with van der Waals surface area (Å²) in [5.74, 6) is 0.381. The monoisotopic (exact) mass is 292 g/mol. The van der Waals surface area contributed by atoms with Crippen LogP contribution in [0.3, 0.4) is 0 Å². The maximum Gasteiger partial charge on any atom is 0.228 e. The van der Waals surface area contributed by atoms with Gasteiger partial charge < -0.3 is 9.80 Å². The minimum absolute atomic E-state index is 0.0785. The molecule has 0 unspecified atom stereocenters. The Hall–Kier alpha value is -1.06. The fourth-order valence-electron chi connectivity index (χ4n) is 4.42. The molecule has 0 aromatic carbocycles. The van der Waals surface area contributed by atoms with Crippen molar-refractivity contribution in [2.75, 3.05) is 13.1 Å². The van der Waals surface area contributed by atoms with Gasteiger partial charge in [-0.2, -0.15) is 0 Å². The van der Waals surface area contributed by atoms with E-state index >= 15 is 0 Å². The summed E-state index contributed by atoms with van der Waals surface area (Å²) in [6.07, 6.45) is 9.71. The molecule has 0 N–H and O–H groups in total. The fourth-order valence-corrected chi connectivity index (χ4v) is 4.42. The number of likely N-dealkylation sites (tertiary alicyclic amines) is 2. The number of rotatable bonds is 3. The van der Waals surface area contributed by atoms with E-state index in [0.717, 1.165) is 38.6 Å². The summed E-state index contributed by atoms with van der Waals surface area (Å²) in [5.41, 5.74) is 0. The van der Waals surface area contributed by atoms with E-state index < -0.39 is 0 Å². The van der Waals surface area contributed by atoms with Crippen molar-refractivity contribution in [1.82, 2.24) is 9.80 Å². The topological polar surface area (TPSA) is 40.6 Å². The molecule has 2 saturated heterocycles. The molecule has 4 heteroatoms. The fraction of sp³-hybridized carbons (Fsp3) is 0.882. The zero-order chi connectivity index (χ0) is 14.8. The Bertz CT molecular complexity index is 404. The largest absolute Gasteiger partial charge is 0.339 e. The summed E-state index contributed by atoms with van der Waals surface area (Å²) in [4.78, 5) is 29.2. The molecule has 0 bridgehead atoms. The van der Waals surface area contributed by atoms with Gasteiger partial charge in [0.2, 0.25) is 11.8 Å². The third-order valence-electron chi connectivity index (χ3n) is 5.65. The Morgan fingerprint density at radius 1 is 1.14 bits per heavy atom. The Morgan fingerprint density at radius 2 is 1.86 bits per heavy atom. The van der Waals surface area contributed by atoms with Crippen LogP contribution in [0.1, 0.15) is 64.7 Å². The quantitative estimate of drug-likeness (QED) is 0.802. The minimum Gasteiger partial charge on any atom is -0.339 e. The first-order valence-electron chi connectivity index (χ1n) is 8.80. The van der Waals surface area contributed by atoms with Crippen molar-refractivity contribution in [3.05, 3.63) is 0 Å². The Labute approximate surface area is 127 Å². The molecule has 2 atom stereocenters. The minimum atomic E-state index is -0.0785.